The minimum absolute atomic E-state index is 0.0617. The summed E-state index contributed by atoms with van der Waals surface area (Å²) < 4.78 is 4.99. The highest BCUT2D eigenvalue weighted by molar-refractivity contribution is 5.95. The molecule has 0 bridgehead atoms. The van der Waals surface area contributed by atoms with Gasteiger partial charge in [0.25, 0.3) is 5.91 Å². The minimum atomic E-state index is -0.312. The van der Waals surface area contributed by atoms with E-state index in [1.807, 2.05) is 6.92 Å². The molecule has 2 aliphatic rings. The summed E-state index contributed by atoms with van der Waals surface area (Å²) >= 11 is 0. The lowest BCUT2D eigenvalue weighted by Gasteiger charge is -2.34. The predicted octanol–water partition coefficient (Wildman–Crippen LogP) is 1.58. The molecule has 2 amide bonds. The Morgan fingerprint density at radius 3 is 2.43 bits per heavy atom. The van der Waals surface area contributed by atoms with Crippen LogP contribution in [0.2, 0.25) is 0 Å². The summed E-state index contributed by atoms with van der Waals surface area (Å²) in [7, 11) is 0. The molecule has 124 valence electrons. The second-order valence-corrected chi connectivity index (χ2v) is 5.98. The third kappa shape index (κ3) is 3.43. The first kappa shape index (κ1) is 15.7. The molecule has 0 aromatic carbocycles. The Morgan fingerprint density at radius 2 is 1.87 bits per heavy atom. The Bertz CT molecular complexity index is 607. The van der Waals surface area contributed by atoms with Gasteiger partial charge in [-0.3, -0.25) is 4.79 Å². The standard InChI is InChI=1S/C16H22N4O3/c1-3-23-16(22)20-8-6-19(7-9-20)15(21)13-10-17-14(12-4-5-12)18-11(13)2/h10,12H,3-9H2,1-2H3. The number of hydrogen-bond acceptors (Lipinski definition) is 5. The van der Waals surface area contributed by atoms with E-state index >= 15 is 0 Å². The van der Waals surface area contributed by atoms with E-state index in [1.54, 1.807) is 22.9 Å². The second kappa shape index (κ2) is 6.52. The van der Waals surface area contributed by atoms with Gasteiger partial charge in [0.15, 0.2) is 0 Å². The van der Waals surface area contributed by atoms with Gasteiger partial charge < -0.3 is 14.5 Å². The largest absolute Gasteiger partial charge is 0.450 e. The number of nitrogens with zero attached hydrogens (tertiary/aromatic N) is 4. The summed E-state index contributed by atoms with van der Waals surface area (Å²) in [4.78, 5) is 36.5. The molecule has 1 aromatic rings. The lowest BCUT2D eigenvalue weighted by atomic mass is 10.2. The van der Waals surface area contributed by atoms with E-state index in [-0.39, 0.29) is 12.0 Å². The van der Waals surface area contributed by atoms with Crippen molar-refractivity contribution in [3.8, 4) is 0 Å². The van der Waals surface area contributed by atoms with E-state index in [0.29, 0.717) is 44.3 Å². The van der Waals surface area contributed by atoms with Crippen LogP contribution in [-0.2, 0) is 4.74 Å². The fourth-order valence-electron chi connectivity index (χ4n) is 2.71. The summed E-state index contributed by atoms with van der Waals surface area (Å²) in [6.45, 7) is 5.99. The number of hydrogen-bond donors (Lipinski definition) is 0. The SMILES string of the molecule is CCOC(=O)N1CCN(C(=O)c2cnc(C3CC3)nc2C)CC1. The van der Waals surface area contributed by atoms with Crippen LogP contribution in [0.5, 0.6) is 0 Å². The molecule has 1 saturated heterocycles. The number of piperazine rings is 1. The number of carbonyl (C=O) groups excluding carboxylic acids is 2. The fourth-order valence-corrected chi connectivity index (χ4v) is 2.71. The van der Waals surface area contributed by atoms with Crippen LogP contribution < -0.4 is 0 Å². The van der Waals surface area contributed by atoms with Gasteiger partial charge in [-0.05, 0) is 26.7 Å². The van der Waals surface area contributed by atoms with Crippen molar-refractivity contribution < 1.29 is 14.3 Å². The van der Waals surface area contributed by atoms with Gasteiger partial charge >= 0.3 is 6.09 Å². The molecule has 7 nitrogen and oxygen atoms in total. The molecule has 2 fully saturated rings. The first-order valence-electron chi connectivity index (χ1n) is 8.14. The van der Waals surface area contributed by atoms with Crippen molar-refractivity contribution >= 4 is 12.0 Å². The maximum atomic E-state index is 12.6. The maximum absolute atomic E-state index is 12.6. The second-order valence-electron chi connectivity index (χ2n) is 5.98. The zero-order valence-corrected chi connectivity index (χ0v) is 13.6. The highest BCUT2D eigenvalue weighted by atomic mass is 16.6. The first-order chi connectivity index (χ1) is 11.1. The third-order valence-electron chi connectivity index (χ3n) is 4.26. The van der Waals surface area contributed by atoms with Crippen molar-refractivity contribution in [3.63, 3.8) is 0 Å². The smallest absolute Gasteiger partial charge is 0.409 e. The van der Waals surface area contributed by atoms with Crippen LogP contribution in [0.15, 0.2) is 6.20 Å². The zero-order chi connectivity index (χ0) is 16.4. The average molecular weight is 318 g/mol. The van der Waals surface area contributed by atoms with Gasteiger partial charge in [0.2, 0.25) is 0 Å². The number of rotatable bonds is 3. The van der Waals surface area contributed by atoms with E-state index in [9.17, 15) is 9.59 Å². The van der Waals surface area contributed by atoms with Crippen LogP contribution in [0.4, 0.5) is 4.79 Å². The lowest BCUT2D eigenvalue weighted by molar-refractivity contribution is 0.0569. The number of ether oxygens (including phenoxy) is 1. The summed E-state index contributed by atoms with van der Waals surface area (Å²) in [6.07, 6.45) is 3.62. The molecule has 0 N–H and O–H groups in total. The Hall–Kier alpha value is -2.18. The topological polar surface area (TPSA) is 75.6 Å². The van der Waals surface area contributed by atoms with Crippen molar-refractivity contribution in [1.29, 1.82) is 0 Å². The predicted molar refractivity (Wildman–Crippen MR) is 83.2 cm³/mol. The van der Waals surface area contributed by atoms with Crippen molar-refractivity contribution in [2.24, 2.45) is 0 Å². The molecular formula is C16H22N4O3. The highest BCUT2D eigenvalue weighted by Gasteiger charge is 2.29. The van der Waals surface area contributed by atoms with E-state index in [1.165, 1.54) is 0 Å². The molecule has 1 aliphatic heterocycles. The normalized spacial score (nSPS) is 18.0. The van der Waals surface area contributed by atoms with Gasteiger partial charge in [0.05, 0.1) is 17.9 Å². The van der Waals surface area contributed by atoms with Gasteiger partial charge in [-0.2, -0.15) is 0 Å². The Balaban J connectivity index is 1.62. The van der Waals surface area contributed by atoms with Crippen LogP contribution in [0.25, 0.3) is 0 Å². The summed E-state index contributed by atoms with van der Waals surface area (Å²) in [6, 6.07) is 0. The number of amides is 2. The summed E-state index contributed by atoms with van der Waals surface area (Å²) in [5.41, 5.74) is 1.29. The highest BCUT2D eigenvalue weighted by Crippen LogP contribution is 2.37. The van der Waals surface area contributed by atoms with Crippen molar-refractivity contribution in [3.05, 3.63) is 23.3 Å². The molecule has 1 aliphatic carbocycles. The Kier molecular flexibility index (Phi) is 4.45. The summed E-state index contributed by atoms with van der Waals surface area (Å²) in [5, 5.41) is 0. The van der Waals surface area contributed by atoms with Crippen molar-refractivity contribution in [1.82, 2.24) is 19.8 Å². The zero-order valence-electron chi connectivity index (χ0n) is 13.6. The lowest BCUT2D eigenvalue weighted by Crippen LogP contribution is -2.50. The minimum Gasteiger partial charge on any atom is -0.450 e. The first-order valence-corrected chi connectivity index (χ1v) is 8.14. The number of aromatic nitrogens is 2. The van der Waals surface area contributed by atoms with E-state index in [4.69, 9.17) is 4.74 Å². The molecule has 3 rings (SSSR count). The molecular weight excluding hydrogens is 296 g/mol. The van der Waals surface area contributed by atoms with Gasteiger partial charge in [-0.1, -0.05) is 0 Å². The molecule has 0 radical (unpaired) electrons. The molecule has 23 heavy (non-hydrogen) atoms. The Morgan fingerprint density at radius 1 is 1.22 bits per heavy atom. The van der Waals surface area contributed by atoms with Crippen LogP contribution >= 0.6 is 0 Å². The third-order valence-corrected chi connectivity index (χ3v) is 4.26. The fraction of sp³-hybridized carbons (Fsp3) is 0.625. The van der Waals surface area contributed by atoms with E-state index < -0.39 is 0 Å². The van der Waals surface area contributed by atoms with Gasteiger partial charge in [-0.25, -0.2) is 14.8 Å². The molecule has 0 spiro atoms. The van der Waals surface area contributed by atoms with Gasteiger partial charge in [-0.15, -0.1) is 0 Å². The molecule has 0 unspecified atom stereocenters. The molecule has 0 atom stereocenters. The molecule has 1 saturated carbocycles. The van der Waals surface area contributed by atoms with Crippen LogP contribution in [0, 0.1) is 6.92 Å². The van der Waals surface area contributed by atoms with E-state index in [0.717, 1.165) is 24.4 Å². The Labute approximate surface area is 135 Å². The monoisotopic (exact) mass is 318 g/mol. The van der Waals surface area contributed by atoms with Crippen LogP contribution in [0.3, 0.4) is 0 Å². The maximum Gasteiger partial charge on any atom is 0.409 e. The molecule has 7 heteroatoms. The van der Waals surface area contributed by atoms with E-state index in [2.05, 4.69) is 9.97 Å². The summed E-state index contributed by atoms with van der Waals surface area (Å²) in [5.74, 6) is 1.27. The van der Waals surface area contributed by atoms with Gasteiger partial charge in [0, 0.05) is 38.3 Å². The van der Waals surface area contributed by atoms with Crippen molar-refractivity contribution in [2.45, 2.75) is 32.6 Å². The number of aryl methyl sites for hydroxylation is 1. The molecule has 2 heterocycles. The van der Waals surface area contributed by atoms with Crippen LogP contribution in [-0.4, -0.2) is 64.6 Å². The van der Waals surface area contributed by atoms with Crippen LogP contribution in [0.1, 0.15) is 47.6 Å². The van der Waals surface area contributed by atoms with Gasteiger partial charge in [0.1, 0.15) is 5.82 Å². The average Bonchev–Trinajstić information content (AvgIpc) is 3.39. The molecule has 1 aromatic heterocycles. The number of carbonyl (C=O) groups is 2. The van der Waals surface area contributed by atoms with Crippen molar-refractivity contribution in [2.75, 3.05) is 32.8 Å². The quantitative estimate of drug-likeness (QED) is 0.846.